The van der Waals surface area contributed by atoms with Gasteiger partial charge < -0.3 is 10.8 Å². The van der Waals surface area contributed by atoms with Gasteiger partial charge in [-0.05, 0) is 19.3 Å². The highest BCUT2D eigenvalue weighted by molar-refractivity contribution is 7.91. The van der Waals surface area contributed by atoms with Crippen molar-refractivity contribution in [2.24, 2.45) is 11.7 Å². The molecule has 0 radical (unpaired) electrons. The molecule has 0 spiro atoms. The van der Waals surface area contributed by atoms with Crippen molar-refractivity contribution in [3.63, 3.8) is 0 Å². The number of carbonyl (C=O) groups excluding carboxylic acids is 1. The van der Waals surface area contributed by atoms with E-state index in [1.807, 2.05) is 4.72 Å². The van der Waals surface area contributed by atoms with Crippen LogP contribution in [0.1, 0.15) is 19.3 Å². The van der Waals surface area contributed by atoms with Gasteiger partial charge in [0.15, 0.2) is 0 Å². The quantitative estimate of drug-likeness (QED) is 0.541. The lowest BCUT2D eigenvalue weighted by Gasteiger charge is -2.17. The van der Waals surface area contributed by atoms with Gasteiger partial charge in [-0.15, -0.1) is 6.58 Å². The van der Waals surface area contributed by atoms with E-state index in [-0.39, 0.29) is 5.92 Å². The minimum absolute atomic E-state index is 0.179. The topological polar surface area (TPSA) is 109 Å². The van der Waals surface area contributed by atoms with Crippen LogP contribution in [0.5, 0.6) is 0 Å². The number of nitrogens with two attached hydrogens (primary N) is 1. The zero-order valence-electron chi connectivity index (χ0n) is 9.35. The molecule has 0 aromatic heterocycles. The Kier molecular flexibility index (Phi) is 2.61. The van der Waals surface area contributed by atoms with Gasteiger partial charge >= 0.3 is 0 Å². The van der Waals surface area contributed by atoms with Gasteiger partial charge in [0.1, 0.15) is 10.3 Å². The molecule has 0 aromatic rings. The van der Waals surface area contributed by atoms with Crippen LogP contribution in [0.4, 0.5) is 0 Å². The lowest BCUT2D eigenvalue weighted by atomic mass is 10.2. The van der Waals surface area contributed by atoms with E-state index in [0.717, 1.165) is 0 Å². The van der Waals surface area contributed by atoms with Crippen LogP contribution < -0.4 is 10.5 Å². The Morgan fingerprint density at radius 1 is 1.59 bits per heavy atom. The van der Waals surface area contributed by atoms with Crippen molar-refractivity contribution in [3.8, 4) is 0 Å². The van der Waals surface area contributed by atoms with Crippen molar-refractivity contribution >= 4 is 15.9 Å². The Bertz CT molecular complexity index is 469. The molecule has 2 atom stereocenters. The molecule has 96 valence electrons. The first kappa shape index (κ1) is 12.5. The van der Waals surface area contributed by atoms with Crippen molar-refractivity contribution in [1.29, 1.82) is 0 Å². The van der Waals surface area contributed by atoms with Crippen LogP contribution in [0.3, 0.4) is 0 Å². The molecule has 1 amide bonds. The first-order valence-corrected chi connectivity index (χ1v) is 6.89. The number of hydrogen-bond donors (Lipinski definition) is 3. The van der Waals surface area contributed by atoms with Crippen LogP contribution in [0, 0.1) is 5.92 Å². The number of amides is 1. The van der Waals surface area contributed by atoms with Crippen LogP contribution in [-0.2, 0) is 14.8 Å². The highest BCUT2D eigenvalue weighted by atomic mass is 32.2. The van der Waals surface area contributed by atoms with Crippen LogP contribution in [0.15, 0.2) is 12.7 Å². The number of sulfonamides is 1. The lowest BCUT2D eigenvalue weighted by Crippen LogP contribution is -2.50. The highest BCUT2D eigenvalue weighted by Gasteiger charge is 2.60. The van der Waals surface area contributed by atoms with Crippen molar-refractivity contribution in [3.05, 3.63) is 12.7 Å². The fraction of sp³-hybridized carbons (Fsp3) is 0.700. The molecule has 7 heteroatoms. The average Bonchev–Trinajstić information content (AvgIpc) is 3.11. The SMILES string of the molecule is C=CC1CC1(N)C(=O)NS(=O)(=O)C1(CO)CC1. The zero-order valence-corrected chi connectivity index (χ0v) is 10.2. The second-order valence-corrected chi connectivity index (χ2v) is 6.94. The maximum atomic E-state index is 11.9. The van der Waals surface area contributed by atoms with E-state index < -0.39 is 32.8 Å². The summed E-state index contributed by atoms with van der Waals surface area (Å²) >= 11 is 0. The monoisotopic (exact) mass is 260 g/mol. The molecule has 0 aromatic carbocycles. The van der Waals surface area contributed by atoms with E-state index in [2.05, 4.69) is 6.58 Å². The molecule has 2 aliphatic carbocycles. The summed E-state index contributed by atoms with van der Waals surface area (Å²) in [7, 11) is -3.84. The molecule has 0 bridgehead atoms. The first-order valence-electron chi connectivity index (χ1n) is 5.40. The molecule has 2 unspecified atom stereocenters. The van der Waals surface area contributed by atoms with Gasteiger partial charge in [0, 0.05) is 5.92 Å². The summed E-state index contributed by atoms with van der Waals surface area (Å²) in [5, 5.41) is 9.04. The zero-order chi connectivity index (χ0) is 12.9. The maximum absolute atomic E-state index is 11.9. The first-order chi connectivity index (χ1) is 7.81. The minimum Gasteiger partial charge on any atom is -0.395 e. The molecule has 2 aliphatic rings. The van der Waals surface area contributed by atoms with E-state index >= 15 is 0 Å². The molecule has 2 fully saturated rings. The fourth-order valence-corrected chi connectivity index (χ4v) is 3.30. The van der Waals surface area contributed by atoms with E-state index in [1.54, 1.807) is 6.08 Å². The molecule has 4 N–H and O–H groups in total. The van der Waals surface area contributed by atoms with Crippen LogP contribution >= 0.6 is 0 Å². The van der Waals surface area contributed by atoms with Gasteiger partial charge in [-0.25, -0.2) is 8.42 Å². The second-order valence-electron chi connectivity index (χ2n) is 4.86. The van der Waals surface area contributed by atoms with Gasteiger partial charge in [-0.3, -0.25) is 9.52 Å². The molecule has 2 rings (SSSR count). The summed E-state index contributed by atoms with van der Waals surface area (Å²) in [6, 6.07) is 0. The van der Waals surface area contributed by atoms with Crippen molar-refractivity contribution < 1.29 is 18.3 Å². The van der Waals surface area contributed by atoms with Gasteiger partial charge in [0.05, 0.1) is 6.61 Å². The number of hydrogen-bond acceptors (Lipinski definition) is 5. The Labute approximate surface area is 99.9 Å². The van der Waals surface area contributed by atoms with Crippen molar-refractivity contribution in [1.82, 2.24) is 4.72 Å². The number of nitrogens with one attached hydrogen (secondary N) is 1. The van der Waals surface area contributed by atoms with E-state index in [0.29, 0.717) is 19.3 Å². The van der Waals surface area contributed by atoms with Gasteiger partial charge in [0.25, 0.3) is 5.91 Å². The fourth-order valence-electron chi connectivity index (χ4n) is 1.84. The van der Waals surface area contributed by atoms with Gasteiger partial charge in [0.2, 0.25) is 10.0 Å². The number of aliphatic hydroxyl groups is 1. The summed E-state index contributed by atoms with van der Waals surface area (Å²) in [5.74, 6) is -0.885. The highest BCUT2D eigenvalue weighted by Crippen LogP contribution is 2.45. The number of carbonyl (C=O) groups is 1. The third-order valence-corrected chi connectivity index (χ3v) is 5.79. The smallest absolute Gasteiger partial charge is 0.254 e. The summed E-state index contributed by atoms with van der Waals surface area (Å²) in [6.07, 6.45) is 2.69. The Morgan fingerprint density at radius 2 is 2.18 bits per heavy atom. The molecular weight excluding hydrogens is 244 g/mol. The average molecular weight is 260 g/mol. The number of aliphatic hydroxyl groups excluding tert-OH is 1. The molecule has 2 saturated carbocycles. The van der Waals surface area contributed by atoms with E-state index in [9.17, 15) is 13.2 Å². The van der Waals surface area contributed by atoms with Gasteiger partial charge in [-0.1, -0.05) is 6.08 Å². The summed E-state index contributed by atoms with van der Waals surface area (Å²) in [4.78, 5) is 11.8. The lowest BCUT2D eigenvalue weighted by molar-refractivity contribution is -0.121. The molecule has 0 saturated heterocycles. The molecule has 0 aliphatic heterocycles. The van der Waals surface area contributed by atoms with E-state index in [4.69, 9.17) is 10.8 Å². The van der Waals surface area contributed by atoms with Crippen molar-refractivity contribution in [2.75, 3.05) is 6.61 Å². The standard InChI is InChI=1S/C10H16N2O4S/c1-2-7-5-10(7,11)8(14)12-17(15,16)9(6-13)3-4-9/h2,7,13H,1,3-6,11H2,(H,12,14). The van der Waals surface area contributed by atoms with Crippen LogP contribution in [-0.4, -0.2) is 36.3 Å². The Balaban J connectivity index is 2.08. The third kappa shape index (κ3) is 1.78. The summed E-state index contributed by atoms with van der Waals surface area (Å²) in [6.45, 7) is 3.05. The third-order valence-electron chi connectivity index (χ3n) is 3.66. The Hall–Kier alpha value is -0.920. The van der Waals surface area contributed by atoms with Crippen LogP contribution in [0.2, 0.25) is 0 Å². The molecule has 17 heavy (non-hydrogen) atoms. The van der Waals surface area contributed by atoms with Crippen LogP contribution in [0.25, 0.3) is 0 Å². The van der Waals surface area contributed by atoms with Gasteiger partial charge in [-0.2, -0.15) is 0 Å². The summed E-state index contributed by atoms with van der Waals surface area (Å²) < 4.78 is 24.5. The summed E-state index contributed by atoms with van der Waals surface area (Å²) in [5.41, 5.74) is 4.59. The Morgan fingerprint density at radius 3 is 2.53 bits per heavy atom. The minimum atomic E-state index is -3.84. The van der Waals surface area contributed by atoms with E-state index in [1.165, 1.54) is 0 Å². The molecular formula is C10H16N2O4S. The second kappa shape index (κ2) is 3.54. The number of rotatable bonds is 5. The molecule has 6 nitrogen and oxygen atoms in total. The maximum Gasteiger partial charge on any atom is 0.254 e. The normalized spacial score (nSPS) is 33.9. The largest absolute Gasteiger partial charge is 0.395 e. The van der Waals surface area contributed by atoms with Crippen molar-refractivity contribution in [2.45, 2.75) is 29.5 Å². The predicted octanol–water partition coefficient (Wildman–Crippen LogP) is -1.14. The molecule has 0 heterocycles. The predicted molar refractivity (Wildman–Crippen MR) is 61.3 cm³/mol.